The molecule has 1 unspecified atom stereocenters. The number of hydrogen-bond acceptors (Lipinski definition) is 16. The number of aliphatic hydroxyl groups is 1. The fourth-order valence-corrected chi connectivity index (χ4v) is 12.5. The number of nitrogens with one attached hydrogen (secondary N) is 1. The van der Waals surface area contributed by atoms with Gasteiger partial charge in [0.2, 0.25) is 5.91 Å². The van der Waals surface area contributed by atoms with Gasteiger partial charge >= 0.3 is 0 Å². The predicted molar refractivity (Wildman–Crippen MR) is 351 cm³/mol. The summed E-state index contributed by atoms with van der Waals surface area (Å²) < 4.78 is 99.1. The number of fused-ring (bicyclic) bond motifs is 1. The summed E-state index contributed by atoms with van der Waals surface area (Å²) in [5.74, 6) is -0.383. The topological polar surface area (TPSA) is 179 Å². The van der Waals surface area contributed by atoms with E-state index < -0.39 is 105 Å². The molecule has 0 bridgehead atoms. The Morgan fingerprint density at radius 2 is 0.872 bits per heavy atom. The van der Waals surface area contributed by atoms with Crippen molar-refractivity contribution in [3.8, 4) is 0 Å². The van der Waals surface area contributed by atoms with Crippen LogP contribution in [0.4, 0.5) is 0 Å². The average molecular weight is 1290 g/mol. The van der Waals surface area contributed by atoms with Crippen molar-refractivity contribution in [3.63, 3.8) is 0 Å². The zero-order valence-corrected chi connectivity index (χ0v) is 53.8. The second kappa shape index (κ2) is 36.5. The van der Waals surface area contributed by atoms with Gasteiger partial charge in [-0.05, 0) is 39.8 Å². The van der Waals surface area contributed by atoms with E-state index in [2.05, 4.69) is 12.2 Å². The van der Waals surface area contributed by atoms with Crippen LogP contribution in [0.3, 0.4) is 0 Å². The van der Waals surface area contributed by atoms with Crippen LogP contribution >= 0.6 is 0 Å². The molecule has 0 spiro atoms. The maximum absolute atomic E-state index is 13.8. The molecule has 2 N–H and O–H groups in total. The third-order valence-electron chi connectivity index (χ3n) is 17.3. The van der Waals surface area contributed by atoms with E-state index in [4.69, 9.17) is 66.3 Å². The first kappa shape index (κ1) is 68.8. The monoisotopic (exact) mass is 1290 g/mol. The predicted octanol–water partition coefficient (Wildman–Crippen LogP) is 12.1. The molecular weight excluding hydrogens is 1190 g/mol. The molecule has 1 amide bonds. The van der Waals surface area contributed by atoms with Gasteiger partial charge in [-0.3, -0.25) is 4.79 Å². The number of ether oxygens (including phenoxy) is 14. The van der Waals surface area contributed by atoms with Gasteiger partial charge in [0.1, 0.15) is 73.2 Å². The average Bonchev–Trinajstić information content (AvgIpc) is 0.767. The largest absolute Gasteiger partial charge is 0.394 e. The van der Waals surface area contributed by atoms with E-state index in [9.17, 15) is 9.90 Å². The van der Waals surface area contributed by atoms with Gasteiger partial charge in [0.25, 0.3) is 0 Å². The number of carbonyl (C=O) groups is 1. The van der Waals surface area contributed by atoms with E-state index in [0.717, 1.165) is 71.0 Å². The van der Waals surface area contributed by atoms with Crippen LogP contribution in [0.25, 0.3) is 0 Å². The van der Waals surface area contributed by atoms with Gasteiger partial charge in [0.15, 0.2) is 25.2 Å². The molecule has 7 aromatic carbocycles. The maximum Gasteiger partial charge on any atom is 0.217 e. The quantitative estimate of drug-likeness (QED) is 0.0364. The zero-order chi connectivity index (χ0) is 64.5. The number of hydrogen-bond donors (Lipinski definition) is 2. The highest BCUT2D eigenvalue weighted by Gasteiger charge is 2.58. The van der Waals surface area contributed by atoms with Crippen molar-refractivity contribution < 1.29 is 76.2 Å². The molecule has 4 heterocycles. The highest BCUT2D eigenvalue weighted by Crippen LogP contribution is 2.42. The molecule has 4 saturated heterocycles. The number of amides is 1. The standard InChI is InChI=1S/C77H91NO16/c1-3-4-5-6-7-29-44-82-76-72(86-50-59-38-23-12-24-39-59)70(85-49-58-36-21-11-22-37-58)67(63(90-76)52-81-46-55-30-15-8-16-31-55)93-77-73(87-51-60-40-25-13-26-41-60)71(68-64(91-77)53-88-74(92-68)61-42-27-14-28-43-61)94-75-65(78-54(2)80)69(84-48-57-34-19-10-20-35-57)66(62(45-79)89-75)83-47-56-32-17-9-18-33-56/h8-28,30-43,62-77,79H,3-7,29,44-53H2,1-2H3,(H,78,80)/t62-,63-,64-,65-,66-,67-,68-,69-,70+,71+,72-,73+,74?,75+,76-,77+/m1/s1. The minimum atomic E-state index is -1.34. The van der Waals surface area contributed by atoms with Gasteiger partial charge in [-0.25, -0.2) is 0 Å². The summed E-state index contributed by atoms with van der Waals surface area (Å²) in [7, 11) is 0. The molecule has 4 aliphatic heterocycles. The summed E-state index contributed by atoms with van der Waals surface area (Å²) in [4.78, 5) is 13.8. The number of carbonyl (C=O) groups excluding carboxylic acids is 1. The summed E-state index contributed by atoms with van der Waals surface area (Å²) in [6, 6.07) is 67.8. The summed E-state index contributed by atoms with van der Waals surface area (Å²) in [6.45, 7) is 4.67. The molecule has 500 valence electrons. The third-order valence-corrected chi connectivity index (χ3v) is 17.3. The Morgan fingerprint density at radius 1 is 0.436 bits per heavy atom. The van der Waals surface area contributed by atoms with E-state index in [1.165, 1.54) is 13.3 Å². The normalized spacial score (nSPS) is 27.7. The first-order valence-electron chi connectivity index (χ1n) is 33.4. The fourth-order valence-electron chi connectivity index (χ4n) is 12.5. The molecule has 16 atom stereocenters. The molecule has 0 saturated carbocycles. The van der Waals surface area contributed by atoms with Crippen molar-refractivity contribution in [3.05, 3.63) is 251 Å². The molecule has 4 fully saturated rings. The Bertz CT molecular complexity index is 3220. The van der Waals surface area contributed by atoms with Gasteiger partial charge in [0, 0.05) is 19.1 Å². The Hall–Kier alpha value is -6.59. The van der Waals surface area contributed by atoms with Crippen LogP contribution in [0.15, 0.2) is 212 Å². The van der Waals surface area contributed by atoms with Crippen LogP contribution in [0.5, 0.6) is 0 Å². The molecule has 0 radical (unpaired) electrons. The second-order valence-electron chi connectivity index (χ2n) is 24.4. The van der Waals surface area contributed by atoms with Gasteiger partial charge in [-0.2, -0.15) is 0 Å². The summed E-state index contributed by atoms with van der Waals surface area (Å²) in [6.07, 6.45) is -8.65. The van der Waals surface area contributed by atoms with Crippen LogP contribution < -0.4 is 5.32 Å². The van der Waals surface area contributed by atoms with Crippen LogP contribution in [0, 0.1) is 0 Å². The molecule has 11 rings (SSSR count). The molecule has 0 aromatic heterocycles. The Labute approximate surface area is 553 Å². The van der Waals surface area contributed by atoms with Crippen molar-refractivity contribution in [1.29, 1.82) is 0 Å². The van der Waals surface area contributed by atoms with Crippen molar-refractivity contribution in [2.75, 3.05) is 26.4 Å². The van der Waals surface area contributed by atoms with Crippen LogP contribution in [0.2, 0.25) is 0 Å². The Kier molecular flexibility index (Phi) is 26.7. The lowest BCUT2D eigenvalue weighted by atomic mass is 9.93. The van der Waals surface area contributed by atoms with Gasteiger partial charge in [-0.1, -0.05) is 251 Å². The molecule has 17 nitrogen and oxygen atoms in total. The zero-order valence-electron chi connectivity index (χ0n) is 53.8. The molecule has 94 heavy (non-hydrogen) atoms. The van der Waals surface area contributed by atoms with Crippen molar-refractivity contribution in [2.45, 2.75) is 190 Å². The SMILES string of the molecule is CCCCCCCCO[C@@H]1O[C@H](COCc2ccccc2)[C@@H](O[C@@H]2O[C@@H]3COC(c4ccccc4)O[C@H]3[C@H](O[C@@H]3O[C@H](CO)[C@@H](OCc4ccccc4)[C@H](OCc4ccccc4)[C@H]3NC(C)=O)[C@@H]2OCc2ccccc2)[C@H](OCc2ccccc2)[C@H]1OCc1ccccc1. The molecule has 7 aromatic rings. The number of aliphatic hydroxyl groups excluding tert-OH is 1. The van der Waals surface area contributed by atoms with E-state index in [1.54, 1.807) is 0 Å². The van der Waals surface area contributed by atoms with Crippen LogP contribution in [-0.2, 0) is 111 Å². The first-order chi connectivity index (χ1) is 46.4. The molecule has 4 aliphatic rings. The van der Waals surface area contributed by atoms with Crippen molar-refractivity contribution >= 4 is 5.91 Å². The Morgan fingerprint density at radius 3 is 1.38 bits per heavy atom. The number of unbranched alkanes of at least 4 members (excludes halogenated alkanes) is 5. The van der Waals surface area contributed by atoms with Gasteiger partial charge in [0.05, 0.1) is 59.5 Å². The number of benzene rings is 7. The summed E-state index contributed by atoms with van der Waals surface area (Å²) in [5.41, 5.74) is 6.24. The summed E-state index contributed by atoms with van der Waals surface area (Å²) in [5, 5.41) is 14.6. The van der Waals surface area contributed by atoms with E-state index >= 15 is 0 Å². The van der Waals surface area contributed by atoms with Gasteiger partial charge < -0.3 is 76.7 Å². The van der Waals surface area contributed by atoms with Crippen LogP contribution in [0.1, 0.15) is 97.6 Å². The first-order valence-corrected chi connectivity index (χ1v) is 33.4. The lowest BCUT2D eigenvalue weighted by Gasteiger charge is -2.53. The molecule has 0 aliphatic carbocycles. The summed E-state index contributed by atoms with van der Waals surface area (Å²) >= 11 is 0. The van der Waals surface area contributed by atoms with Crippen LogP contribution in [-0.4, -0.2) is 129 Å². The fraction of sp³-hybridized carbons (Fsp3) is 0.442. The number of rotatable bonds is 34. The lowest BCUT2D eigenvalue weighted by Crippen LogP contribution is -2.70. The highest BCUT2D eigenvalue weighted by atomic mass is 16.8. The van der Waals surface area contributed by atoms with Crippen molar-refractivity contribution in [2.24, 2.45) is 0 Å². The Balaban J connectivity index is 0.998. The molecular formula is C77H91NO16. The van der Waals surface area contributed by atoms with Crippen molar-refractivity contribution in [1.82, 2.24) is 5.32 Å². The van der Waals surface area contributed by atoms with E-state index in [-0.39, 0.29) is 58.8 Å². The minimum Gasteiger partial charge on any atom is -0.394 e. The van der Waals surface area contributed by atoms with E-state index in [0.29, 0.717) is 6.61 Å². The molecule has 17 heteroatoms. The van der Waals surface area contributed by atoms with Gasteiger partial charge in [-0.15, -0.1) is 0 Å². The third kappa shape index (κ3) is 19.6. The minimum absolute atomic E-state index is 0.0311. The maximum atomic E-state index is 13.8. The highest BCUT2D eigenvalue weighted by molar-refractivity contribution is 5.73. The van der Waals surface area contributed by atoms with E-state index in [1.807, 2.05) is 212 Å². The second-order valence-corrected chi connectivity index (χ2v) is 24.4. The lowest BCUT2D eigenvalue weighted by molar-refractivity contribution is -0.409. The smallest absolute Gasteiger partial charge is 0.217 e.